The summed E-state index contributed by atoms with van der Waals surface area (Å²) in [6.45, 7) is 11.6. The number of sulfonamides is 5. The van der Waals surface area contributed by atoms with Crippen LogP contribution in [0.25, 0.3) is 5.69 Å². The zero-order chi connectivity index (χ0) is 77.7. The molecule has 0 saturated carbocycles. The first-order valence-electron chi connectivity index (χ1n) is 36.3. The van der Waals surface area contributed by atoms with Gasteiger partial charge >= 0.3 is 0 Å². The fourth-order valence-electron chi connectivity index (χ4n) is 12.9. The first-order valence-corrected chi connectivity index (χ1v) is 49.0. The SMILES string of the molecule is Cc1ccc(S(=O)(=O)Nc2ccccc2-n2cccc2)s1.Cc1ccc(S(=O)(=O)Nc2ccccc2N2CCCCCC2)s1.O=S(=O)(Nc1ccccc1N1CCCC1)c1ccc(Br)s1.O=S(=O)(Nc1ccccc1N1CCCCCC1)c1ccc(Cl)s1.O=S(=O)(Nc1ccccc1N1CCCCCC1)c1cccs1. The Morgan fingerprint density at radius 1 is 0.300 bits per heavy atom. The number of thiophene rings is 5. The lowest BCUT2D eigenvalue weighted by molar-refractivity contribution is 0.601. The first kappa shape index (κ1) is 83.5. The summed E-state index contributed by atoms with van der Waals surface area (Å²) in [6, 6.07) is 58.4. The van der Waals surface area contributed by atoms with Crippen LogP contribution in [0.3, 0.4) is 0 Å². The predicted octanol–water partition coefficient (Wildman–Crippen LogP) is 20.3. The average molecular weight is 1760 g/mol. The van der Waals surface area contributed by atoms with Crippen LogP contribution in [-0.4, -0.2) is 99.0 Å². The number of aryl methyl sites for hydroxylation is 2. The maximum absolute atomic E-state index is 12.6. The van der Waals surface area contributed by atoms with Crippen LogP contribution in [0.1, 0.15) is 99.6 Å². The van der Waals surface area contributed by atoms with Gasteiger partial charge in [0.25, 0.3) is 50.1 Å². The van der Waals surface area contributed by atoms with E-state index in [0.717, 1.165) is 157 Å². The molecule has 5 aromatic carbocycles. The lowest BCUT2D eigenvalue weighted by Gasteiger charge is -2.25. The summed E-state index contributed by atoms with van der Waals surface area (Å²) in [5.41, 5.74) is 7.80. The van der Waals surface area contributed by atoms with Gasteiger partial charge in [-0.3, -0.25) is 23.6 Å². The number of rotatable bonds is 20. The molecule has 4 fully saturated rings. The average Bonchev–Trinajstić information content (AvgIpc) is 1.61. The number of hydrogen-bond donors (Lipinski definition) is 5. The molecular formula is C78H90BrClN10O10S10. The first-order chi connectivity index (χ1) is 52.9. The third-order valence-electron chi connectivity index (χ3n) is 18.3. The highest BCUT2D eigenvalue weighted by molar-refractivity contribution is 9.11. The number of para-hydroxylation sites is 10. The van der Waals surface area contributed by atoms with Gasteiger partial charge in [0.15, 0.2) is 0 Å². The molecule has 0 spiro atoms. The number of hydrogen-bond acceptors (Lipinski definition) is 19. The predicted molar refractivity (Wildman–Crippen MR) is 463 cm³/mol. The van der Waals surface area contributed by atoms with Crippen molar-refractivity contribution < 1.29 is 42.1 Å². The van der Waals surface area contributed by atoms with Crippen molar-refractivity contribution in [1.82, 2.24) is 4.57 Å². The number of anilines is 9. The van der Waals surface area contributed by atoms with Crippen molar-refractivity contribution in [2.24, 2.45) is 0 Å². The van der Waals surface area contributed by atoms with E-state index in [9.17, 15) is 42.1 Å². The Labute approximate surface area is 681 Å². The molecule has 10 heterocycles. The summed E-state index contributed by atoms with van der Waals surface area (Å²) in [5, 5.41) is 1.77. The van der Waals surface area contributed by atoms with Crippen LogP contribution >= 0.6 is 84.2 Å². The molecule has 20 nitrogen and oxygen atoms in total. The fourth-order valence-corrected chi connectivity index (χ4v) is 25.3. The van der Waals surface area contributed by atoms with Crippen molar-refractivity contribution >= 4 is 186 Å². The van der Waals surface area contributed by atoms with Gasteiger partial charge in [-0.25, -0.2) is 42.1 Å². The van der Waals surface area contributed by atoms with Crippen LogP contribution in [0.4, 0.5) is 51.2 Å². The van der Waals surface area contributed by atoms with E-state index in [1.54, 1.807) is 60.0 Å². The zero-order valence-electron chi connectivity index (χ0n) is 60.9. The molecule has 4 aliphatic heterocycles. The minimum atomic E-state index is -3.61. The van der Waals surface area contributed by atoms with E-state index in [1.807, 2.05) is 164 Å². The Balaban J connectivity index is 0.000000136. The lowest BCUT2D eigenvalue weighted by Crippen LogP contribution is -2.25. The summed E-state index contributed by atoms with van der Waals surface area (Å²) in [7, 11) is -17.7. The number of aromatic nitrogens is 1. The third-order valence-corrected chi connectivity index (χ3v) is 33.3. The van der Waals surface area contributed by atoms with Gasteiger partial charge in [-0.1, -0.05) is 117 Å². The summed E-state index contributed by atoms with van der Waals surface area (Å²) in [4.78, 5) is 11.0. The molecule has 5 N–H and O–H groups in total. The molecule has 0 aliphatic carbocycles. The lowest BCUT2D eigenvalue weighted by atomic mass is 10.2. The van der Waals surface area contributed by atoms with Crippen LogP contribution in [-0.2, 0) is 50.1 Å². The van der Waals surface area contributed by atoms with Gasteiger partial charge in [0.2, 0.25) is 0 Å². The van der Waals surface area contributed by atoms with Crippen molar-refractivity contribution in [3.63, 3.8) is 0 Å². The molecule has 15 rings (SSSR count). The van der Waals surface area contributed by atoms with Crippen molar-refractivity contribution in [2.45, 2.75) is 125 Å². The van der Waals surface area contributed by atoms with Crippen molar-refractivity contribution in [3.8, 4) is 5.69 Å². The summed E-state index contributed by atoms with van der Waals surface area (Å²) in [5.74, 6) is 0. The monoisotopic (exact) mass is 1760 g/mol. The highest BCUT2D eigenvalue weighted by Crippen LogP contribution is 2.38. The summed E-state index contributed by atoms with van der Waals surface area (Å²) < 4.78 is 143. The smallest absolute Gasteiger partial charge is 0.271 e. The third kappa shape index (κ3) is 23.4. The Kier molecular flexibility index (Phi) is 29.9. The molecule has 586 valence electrons. The Morgan fingerprint density at radius 2 is 0.582 bits per heavy atom. The second-order valence-electron chi connectivity index (χ2n) is 26.4. The Hall–Kier alpha value is -7.40. The molecule has 0 amide bonds. The van der Waals surface area contributed by atoms with Crippen LogP contribution in [0.2, 0.25) is 4.34 Å². The molecule has 0 bridgehead atoms. The van der Waals surface area contributed by atoms with Gasteiger partial charge in [0.1, 0.15) is 21.0 Å². The number of nitrogens with zero attached hydrogens (tertiary/aromatic N) is 5. The summed E-state index contributed by atoms with van der Waals surface area (Å²) in [6.07, 6.45) is 20.4. The maximum atomic E-state index is 12.6. The highest BCUT2D eigenvalue weighted by atomic mass is 79.9. The van der Waals surface area contributed by atoms with E-state index in [1.165, 1.54) is 89.9 Å². The standard InChI is InChI=1S/C17H22N2O2S2.C16H19ClN2O2S2.C16H20N2O2S2.C15H14N2O2S2.C14H15BrN2O2S2/c1-14-10-11-17(22-14)23(20,21)18-15-8-4-5-9-16(15)19-12-6-2-3-7-13-19;17-15-9-10-16(22-15)23(20,21)18-13-7-3-4-8-14(13)19-11-5-1-2-6-12-19;19-22(20,16-10-7-13-21-16)17-14-8-3-4-9-15(14)18-11-5-1-2-6-12-18;1-12-8-9-15(20-12)21(18,19)16-13-6-2-3-7-14(13)17-10-4-5-11-17;15-13-7-8-14(20-13)21(18,19)16-11-5-1-2-6-12(11)17-9-3-4-10-17/h4-5,8-11,18H,2-3,6-7,12-13H2,1H3;3-4,7-10,18H,1-2,5-6,11-12H2;3-4,7-10,13,17H,1-2,5-6,11-12H2;2-11,16H,1H3;1-2,5-8,16H,3-4,9-10H2. The van der Waals surface area contributed by atoms with E-state index >= 15 is 0 Å². The van der Waals surface area contributed by atoms with Gasteiger partial charge in [-0.15, -0.1) is 56.7 Å². The molecule has 6 aromatic heterocycles. The minimum absolute atomic E-state index is 0.230. The van der Waals surface area contributed by atoms with Crippen molar-refractivity contribution in [1.29, 1.82) is 0 Å². The molecule has 11 aromatic rings. The fraction of sp³-hybridized carbons (Fsp3) is 0.308. The Morgan fingerprint density at radius 3 is 0.873 bits per heavy atom. The van der Waals surface area contributed by atoms with E-state index < -0.39 is 50.1 Å². The van der Waals surface area contributed by atoms with Gasteiger partial charge in [0, 0.05) is 74.5 Å². The van der Waals surface area contributed by atoms with Crippen LogP contribution in [0, 0.1) is 13.8 Å². The minimum Gasteiger partial charge on any atom is -0.370 e. The van der Waals surface area contributed by atoms with Gasteiger partial charge in [-0.05, 0) is 214 Å². The van der Waals surface area contributed by atoms with Gasteiger partial charge in [-0.2, -0.15) is 0 Å². The summed E-state index contributed by atoms with van der Waals surface area (Å²) >= 11 is 15.2. The van der Waals surface area contributed by atoms with Crippen LogP contribution < -0.4 is 43.2 Å². The highest BCUT2D eigenvalue weighted by Gasteiger charge is 2.27. The molecular weight excluding hydrogens is 1670 g/mol. The molecule has 0 unspecified atom stereocenters. The van der Waals surface area contributed by atoms with Gasteiger partial charge in [0.05, 0.1) is 65.0 Å². The largest absolute Gasteiger partial charge is 0.370 e. The zero-order valence-corrected chi connectivity index (χ0v) is 71.4. The van der Waals surface area contributed by atoms with E-state index in [0.29, 0.717) is 49.6 Å². The molecule has 0 radical (unpaired) electrons. The number of nitrogens with one attached hydrogen (secondary N) is 5. The van der Waals surface area contributed by atoms with Crippen LogP contribution in [0.15, 0.2) is 237 Å². The molecule has 32 heteroatoms. The molecule has 110 heavy (non-hydrogen) atoms. The Bertz CT molecular complexity index is 5230. The topological polar surface area (TPSA) is 249 Å². The van der Waals surface area contributed by atoms with E-state index in [4.69, 9.17) is 11.6 Å². The molecule has 4 aliphatic rings. The van der Waals surface area contributed by atoms with E-state index in [2.05, 4.69) is 59.1 Å². The maximum Gasteiger partial charge on any atom is 0.271 e. The normalized spacial score (nSPS) is 15.1. The quantitative estimate of drug-likeness (QED) is 0.0476. The number of halogens is 2. The second-order valence-corrected chi connectivity index (χ2v) is 43.6. The van der Waals surface area contributed by atoms with Crippen LogP contribution in [0.5, 0.6) is 0 Å². The molecule has 0 atom stereocenters. The van der Waals surface area contributed by atoms with Crippen molar-refractivity contribution in [3.05, 3.63) is 230 Å². The van der Waals surface area contributed by atoms with Crippen molar-refractivity contribution in [2.75, 3.05) is 95.6 Å². The molecule has 4 saturated heterocycles. The van der Waals surface area contributed by atoms with Gasteiger partial charge < -0.3 is 24.2 Å². The second kappa shape index (κ2) is 39.4. The van der Waals surface area contributed by atoms with E-state index in [-0.39, 0.29) is 4.21 Å². The number of benzene rings is 5.